The standard InChI is InChI=1S/C13H16BrN5O/c1-3-15-12-10(6-9(14)7-18-12)13(20)19(2)8-11-16-4-5-17-11/h4-7H,3,8H2,1-2H3,(H,15,18)(H,16,17). The molecule has 0 atom stereocenters. The van der Waals surface area contributed by atoms with Crippen molar-refractivity contribution in [3.63, 3.8) is 0 Å². The summed E-state index contributed by atoms with van der Waals surface area (Å²) in [7, 11) is 1.74. The number of anilines is 1. The normalized spacial score (nSPS) is 10.3. The molecule has 0 saturated carbocycles. The van der Waals surface area contributed by atoms with E-state index in [1.54, 1.807) is 36.6 Å². The first-order valence-corrected chi connectivity index (χ1v) is 7.04. The molecule has 0 aliphatic heterocycles. The second-order valence-corrected chi connectivity index (χ2v) is 5.19. The average molecular weight is 338 g/mol. The van der Waals surface area contributed by atoms with Crippen LogP contribution in [0.4, 0.5) is 5.82 Å². The number of nitrogens with one attached hydrogen (secondary N) is 2. The molecule has 2 rings (SSSR count). The minimum Gasteiger partial charge on any atom is -0.370 e. The molecular formula is C13H16BrN5O. The molecule has 0 radical (unpaired) electrons. The Kier molecular flexibility index (Phi) is 4.73. The Morgan fingerprint density at radius 3 is 2.95 bits per heavy atom. The van der Waals surface area contributed by atoms with Gasteiger partial charge in [-0.25, -0.2) is 9.97 Å². The minimum absolute atomic E-state index is 0.105. The molecule has 0 aliphatic carbocycles. The summed E-state index contributed by atoms with van der Waals surface area (Å²) in [6.07, 6.45) is 5.07. The van der Waals surface area contributed by atoms with E-state index in [4.69, 9.17) is 0 Å². The zero-order chi connectivity index (χ0) is 14.5. The number of H-pyrrole nitrogens is 1. The monoisotopic (exact) mass is 337 g/mol. The van der Waals surface area contributed by atoms with Crippen molar-refractivity contribution in [2.24, 2.45) is 0 Å². The van der Waals surface area contributed by atoms with E-state index >= 15 is 0 Å². The number of nitrogens with zero attached hydrogens (tertiary/aromatic N) is 3. The lowest BCUT2D eigenvalue weighted by atomic mass is 10.2. The molecule has 2 heterocycles. The molecule has 0 aromatic carbocycles. The van der Waals surface area contributed by atoms with Gasteiger partial charge in [0.1, 0.15) is 11.6 Å². The van der Waals surface area contributed by atoms with Gasteiger partial charge in [0.05, 0.1) is 12.1 Å². The number of carbonyl (C=O) groups excluding carboxylic acids is 1. The fourth-order valence-corrected chi connectivity index (χ4v) is 2.13. The Balaban J connectivity index is 2.21. The van der Waals surface area contributed by atoms with Gasteiger partial charge in [-0.3, -0.25) is 4.79 Å². The average Bonchev–Trinajstić information content (AvgIpc) is 2.93. The summed E-state index contributed by atoms with van der Waals surface area (Å²) in [6, 6.07) is 1.77. The number of aromatic nitrogens is 3. The number of aromatic amines is 1. The number of pyridine rings is 1. The first-order chi connectivity index (χ1) is 9.61. The fourth-order valence-electron chi connectivity index (χ4n) is 1.80. The predicted molar refractivity (Wildman–Crippen MR) is 80.5 cm³/mol. The SMILES string of the molecule is CCNc1ncc(Br)cc1C(=O)N(C)Cc1ncc[nH]1. The molecule has 1 amide bonds. The highest BCUT2D eigenvalue weighted by Gasteiger charge is 2.18. The van der Waals surface area contributed by atoms with Crippen molar-refractivity contribution in [3.05, 3.63) is 40.5 Å². The molecule has 2 aromatic heterocycles. The summed E-state index contributed by atoms with van der Waals surface area (Å²) < 4.78 is 0.772. The highest BCUT2D eigenvalue weighted by molar-refractivity contribution is 9.10. The number of rotatable bonds is 5. The van der Waals surface area contributed by atoms with Crippen LogP contribution < -0.4 is 5.32 Å². The van der Waals surface area contributed by atoms with Crippen molar-refractivity contribution < 1.29 is 4.79 Å². The summed E-state index contributed by atoms with van der Waals surface area (Å²) in [5.41, 5.74) is 0.537. The molecule has 2 N–H and O–H groups in total. The number of hydrogen-bond donors (Lipinski definition) is 2. The number of halogens is 1. The van der Waals surface area contributed by atoms with Crippen LogP contribution in [0.25, 0.3) is 0 Å². The van der Waals surface area contributed by atoms with E-state index in [2.05, 4.69) is 36.2 Å². The zero-order valence-electron chi connectivity index (χ0n) is 11.4. The second kappa shape index (κ2) is 6.51. The van der Waals surface area contributed by atoms with Gasteiger partial charge in [-0.15, -0.1) is 0 Å². The Labute approximate surface area is 125 Å². The fraction of sp³-hybridized carbons (Fsp3) is 0.308. The third kappa shape index (κ3) is 3.36. The molecule has 20 heavy (non-hydrogen) atoms. The van der Waals surface area contributed by atoms with Crippen molar-refractivity contribution in [3.8, 4) is 0 Å². The van der Waals surface area contributed by atoms with Gasteiger partial charge in [-0.1, -0.05) is 0 Å². The number of imidazole rings is 1. The molecule has 6 nitrogen and oxygen atoms in total. The van der Waals surface area contributed by atoms with Gasteiger partial charge < -0.3 is 15.2 Å². The molecule has 0 aliphatic rings. The van der Waals surface area contributed by atoms with Crippen LogP contribution in [-0.4, -0.2) is 39.4 Å². The molecule has 2 aromatic rings. The number of carbonyl (C=O) groups is 1. The molecule has 0 bridgehead atoms. The molecule has 7 heteroatoms. The summed E-state index contributed by atoms with van der Waals surface area (Å²) in [5, 5.41) is 3.10. The summed E-state index contributed by atoms with van der Waals surface area (Å²) in [6.45, 7) is 3.09. The van der Waals surface area contributed by atoms with Crippen molar-refractivity contribution in [1.82, 2.24) is 19.9 Å². The summed E-state index contributed by atoms with van der Waals surface area (Å²) in [4.78, 5) is 25.4. The lowest BCUT2D eigenvalue weighted by molar-refractivity contribution is 0.0782. The van der Waals surface area contributed by atoms with E-state index in [0.717, 1.165) is 10.3 Å². The molecule has 0 spiro atoms. The van der Waals surface area contributed by atoms with Gasteiger partial charge in [-0.2, -0.15) is 0 Å². The van der Waals surface area contributed by atoms with Crippen LogP contribution in [0.15, 0.2) is 29.1 Å². The van der Waals surface area contributed by atoms with Gasteiger partial charge in [0.2, 0.25) is 0 Å². The van der Waals surface area contributed by atoms with Crippen LogP contribution in [0.1, 0.15) is 23.1 Å². The topological polar surface area (TPSA) is 73.9 Å². The van der Waals surface area contributed by atoms with Crippen molar-refractivity contribution >= 4 is 27.7 Å². The largest absolute Gasteiger partial charge is 0.370 e. The van der Waals surface area contributed by atoms with Crippen LogP contribution in [-0.2, 0) is 6.54 Å². The zero-order valence-corrected chi connectivity index (χ0v) is 12.9. The Hall–Kier alpha value is -1.89. The molecule has 106 valence electrons. The molecule has 0 unspecified atom stereocenters. The quantitative estimate of drug-likeness (QED) is 0.877. The maximum absolute atomic E-state index is 12.5. The van der Waals surface area contributed by atoms with E-state index in [0.29, 0.717) is 24.5 Å². The van der Waals surface area contributed by atoms with Crippen LogP contribution in [0, 0.1) is 0 Å². The highest BCUT2D eigenvalue weighted by atomic mass is 79.9. The van der Waals surface area contributed by atoms with Gasteiger partial charge in [0.25, 0.3) is 5.91 Å². The van der Waals surface area contributed by atoms with Crippen LogP contribution in [0.5, 0.6) is 0 Å². The van der Waals surface area contributed by atoms with E-state index in [-0.39, 0.29) is 5.91 Å². The van der Waals surface area contributed by atoms with Crippen LogP contribution in [0.2, 0.25) is 0 Å². The lowest BCUT2D eigenvalue weighted by Crippen LogP contribution is -2.27. The minimum atomic E-state index is -0.105. The highest BCUT2D eigenvalue weighted by Crippen LogP contribution is 2.19. The van der Waals surface area contributed by atoms with Gasteiger partial charge in [0, 0.05) is 36.7 Å². The smallest absolute Gasteiger partial charge is 0.257 e. The van der Waals surface area contributed by atoms with Crippen molar-refractivity contribution in [1.29, 1.82) is 0 Å². The third-order valence-corrected chi connectivity index (χ3v) is 3.15. The number of hydrogen-bond acceptors (Lipinski definition) is 4. The molecular weight excluding hydrogens is 322 g/mol. The van der Waals surface area contributed by atoms with Crippen molar-refractivity contribution in [2.75, 3.05) is 18.9 Å². The van der Waals surface area contributed by atoms with Crippen LogP contribution >= 0.6 is 15.9 Å². The van der Waals surface area contributed by atoms with E-state index < -0.39 is 0 Å². The molecule has 0 fully saturated rings. The first kappa shape index (κ1) is 14.5. The van der Waals surface area contributed by atoms with Crippen molar-refractivity contribution in [2.45, 2.75) is 13.5 Å². The van der Waals surface area contributed by atoms with Gasteiger partial charge >= 0.3 is 0 Å². The second-order valence-electron chi connectivity index (χ2n) is 4.28. The molecule has 0 saturated heterocycles. The van der Waals surface area contributed by atoms with Gasteiger partial charge in [0.15, 0.2) is 0 Å². The van der Waals surface area contributed by atoms with Crippen LogP contribution in [0.3, 0.4) is 0 Å². The first-order valence-electron chi connectivity index (χ1n) is 6.25. The summed E-state index contributed by atoms with van der Waals surface area (Å²) in [5.74, 6) is 1.23. The predicted octanol–water partition coefficient (Wildman–Crippen LogP) is 2.27. The maximum atomic E-state index is 12.5. The maximum Gasteiger partial charge on any atom is 0.257 e. The Bertz CT molecular complexity index is 584. The Morgan fingerprint density at radius 1 is 1.50 bits per heavy atom. The summed E-state index contributed by atoms with van der Waals surface area (Å²) >= 11 is 3.35. The lowest BCUT2D eigenvalue weighted by Gasteiger charge is -2.18. The van der Waals surface area contributed by atoms with Gasteiger partial charge in [-0.05, 0) is 28.9 Å². The van der Waals surface area contributed by atoms with E-state index in [1.807, 2.05) is 6.92 Å². The number of amides is 1. The Morgan fingerprint density at radius 2 is 2.30 bits per heavy atom. The van der Waals surface area contributed by atoms with E-state index in [9.17, 15) is 4.79 Å². The van der Waals surface area contributed by atoms with E-state index in [1.165, 1.54) is 0 Å². The third-order valence-electron chi connectivity index (χ3n) is 2.72.